The molecule has 7 rings (SSSR count). The molecular formula is C35H38N4O9S. The van der Waals surface area contributed by atoms with Gasteiger partial charge in [0.05, 0.1) is 18.6 Å². The summed E-state index contributed by atoms with van der Waals surface area (Å²) in [4.78, 5) is 36.6. The molecule has 0 aliphatic carbocycles. The molecule has 3 aliphatic rings. The van der Waals surface area contributed by atoms with E-state index in [2.05, 4.69) is 10.3 Å². The fourth-order valence-electron chi connectivity index (χ4n) is 7.23. The van der Waals surface area contributed by atoms with Crippen molar-refractivity contribution in [1.29, 1.82) is 0 Å². The third-order valence-electron chi connectivity index (χ3n) is 9.62. The molecule has 0 saturated carbocycles. The number of carbonyl (C=O) groups excluding carboxylic acids is 2. The van der Waals surface area contributed by atoms with Crippen molar-refractivity contribution in [3.05, 3.63) is 82.8 Å². The number of para-hydroxylation sites is 1. The number of fused-ring (bicyclic) bond motifs is 4. The van der Waals surface area contributed by atoms with Crippen molar-refractivity contribution in [1.82, 2.24) is 15.3 Å². The Morgan fingerprint density at radius 2 is 1.88 bits per heavy atom. The number of carbonyl (C=O) groups is 2. The second-order valence-corrected chi connectivity index (χ2v) is 15.6. The Labute approximate surface area is 283 Å². The lowest BCUT2D eigenvalue weighted by atomic mass is 9.72. The van der Waals surface area contributed by atoms with Gasteiger partial charge in [0.15, 0.2) is 17.2 Å². The van der Waals surface area contributed by atoms with Crippen molar-refractivity contribution >= 4 is 27.4 Å². The van der Waals surface area contributed by atoms with E-state index in [-0.39, 0.29) is 53.6 Å². The van der Waals surface area contributed by atoms with Gasteiger partial charge in [-0.1, -0.05) is 58.0 Å². The number of nitrogens with zero attached hydrogens (tertiary/aromatic N) is 3. The second kappa shape index (κ2) is 11.8. The molecule has 0 fully saturated rings. The summed E-state index contributed by atoms with van der Waals surface area (Å²) in [6.45, 7) is 6.85. The van der Waals surface area contributed by atoms with E-state index in [1.165, 1.54) is 10.6 Å². The molecule has 2 aromatic carbocycles. The van der Waals surface area contributed by atoms with Crippen LogP contribution in [0, 0.1) is 17.8 Å². The van der Waals surface area contributed by atoms with Gasteiger partial charge in [0.1, 0.15) is 35.3 Å². The lowest BCUT2D eigenvalue weighted by Crippen LogP contribution is -2.48. The van der Waals surface area contributed by atoms with E-state index in [1.807, 2.05) is 26.0 Å². The minimum Gasteiger partial charge on any atom is -0.467 e. The second-order valence-electron chi connectivity index (χ2n) is 13.7. The number of hydrogen-bond acceptors (Lipinski definition) is 11. The SMILES string of the molecule is CC(C)[C@H](O)C(=O)CC1Cc2ccc3c(c2)C2(c4ccccc4N(S(C)(=O)=O)[C@H]2O3)c2oc(nc2-c2nc(CO)co2)[C@H](C(C)C)NC1=O. The van der Waals surface area contributed by atoms with Crippen molar-refractivity contribution in [2.24, 2.45) is 17.8 Å². The molecule has 13 nitrogen and oxygen atoms in total. The minimum atomic E-state index is -3.93. The third kappa shape index (κ3) is 5.15. The number of hydrogen-bond donors (Lipinski definition) is 3. The minimum absolute atomic E-state index is 0.0249. The van der Waals surface area contributed by atoms with Crippen molar-refractivity contribution in [2.45, 2.75) is 70.9 Å². The first-order valence-electron chi connectivity index (χ1n) is 16.2. The highest BCUT2D eigenvalue weighted by Gasteiger charge is 2.65. The Bertz CT molecular complexity index is 2070. The molecule has 4 aromatic rings. The topological polar surface area (TPSA) is 185 Å². The van der Waals surface area contributed by atoms with Crippen LogP contribution in [0.3, 0.4) is 0 Å². The van der Waals surface area contributed by atoms with Crippen LogP contribution in [0.4, 0.5) is 5.69 Å². The average molecular weight is 691 g/mol. The summed E-state index contributed by atoms with van der Waals surface area (Å²) in [5, 5.41) is 23.5. The molecule has 1 amide bonds. The highest BCUT2D eigenvalue weighted by atomic mass is 32.2. The van der Waals surface area contributed by atoms with Crippen LogP contribution in [0.5, 0.6) is 5.75 Å². The zero-order chi connectivity index (χ0) is 35.0. The van der Waals surface area contributed by atoms with E-state index in [0.717, 1.165) is 6.26 Å². The van der Waals surface area contributed by atoms with Crippen molar-refractivity contribution < 1.29 is 41.8 Å². The molecule has 0 saturated heterocycles. The van der Waals surface area contributed by atoms with E-state index >= 15 is 0 Å². The van der Waals surface area contributed by atoms with Crippen molar-refractivity contribution in [2.75, 3.05) is 10.6 Å². The zero-order valence-electron chi connectivity index (χ0n) is 27.7. The number of Topliss-reactive ketones (excluding diaryl/α,β-unsaturated/α-hetero) is 1. The monoisotopic (exact) mass is 690 g/mol. The number of sulfonamides is 1. The Balaban J connectivity index is 1.53. The van der Waals surface area contributed by atoms with Gasteiger partial charge in [0.2, 0.25) is 33.9 Å². The first-order valence-corrected chi connectivity index (χ1v) is 18.1. The molecule has 49 heavy (non-hydrogen) atoms. The molecule has 0 radical (unpaired) electrons. The Morgan fingerprint density at radius 1 is 1.12 bits per heavy atom. The van der Waals surface area contributed by atoms with Crippen LogP contribution in [-0.2, 0) is 38.1 Å². The van der Waals surface area contributed by atoms with Gasteiger partial charge < -0.3 is 29.1 Å². The number of aromatic nitrogens is 2. The summed E-state index contributed by atoms with van der Waals surface area (Å²) in [5.41, 5.74) is 1.20. The van der Waals surface area contributed by atoms with Crippen LogP contribution >= 0.6 is 0 Å². The smallest absolute Gasteiger partial charge is 0.249 e. The summed E-state index contributed by atoms with van der Waals surface area (Å²) in [6, 6.07) is 11.6. The van der Waals surface area contributed by atoms with Gasteiger partial charge in [0.25, 0.3) is 0 Å². The number of ketones is 1. The standard InChI is InChI=1S/C35H38N4O9S/c1-17(2)27-33-38-28(32-36-21(15-40)16-46-32)30(48-33)35-22-8-6-7-9-24(22)39(49(5,44)45)34(35)47-26-11-10-19(13-23(26)35)12-20(31(43)37-27)14-25(41)29(42)18(3)4/h6-11,13,16-18,20,27,29,34,40,42H,12,14-15H2,1-5H3,(H,37,43)/t20?,27-,29-,34-,35?/m0/s1. The van der Waals surface area contributed by atoms with Gasteiger partial charge in [-0.3, -0.25) is 9.59 Å². The van der Waals surface area contributed by atoms with Crippen molar-refractivity contribution in [3.8, 4) is 17.3 Å². The maximum atomic E-state index is 14.1. The summed E-state index contributed by atoms with van der Waals surface area (Å²) >= 11 is 0. The largest absolute Gasteiger partial charge is 0.467 e. The van der Waals surface area contributed by atoms with Crippen LogP contribution in [0.2, 0.25) is 0 Å². The van der Waals surface area contributed by atoms with E-state index in [4.69, 9.17) is 18.6 Å². The highest BCUT2D eigenvalue weighted by molar-refractivity contribution is 7.92. The van der Waals surface area contributed by atoms with E-state index in [1.54, 1.807) is 44.2 Å². The average Bonchev–Trinajstić information content (AvgIpc) is 3.82. The molecule has 4 bridgehead atoms. The molecule has 3 N–H and O–H groups in total. The predicted molar refractivity (Wildman–Crippen MR) is 176 cm³/mol. The Morgan fingerprint density at radius 3 is 2.55 bits per heavy atom. The van der Waals surface area contributed by atoms with Crippen LogP contribution in [0.15, 0.2) is 57.6 Å². The zero-order valence-corrected chi connectivity index (χ0v) is 28.5. The molecule has 14 heteroatoms. The Hall–Kier alpha value is -4.53. The summed E-state index contributed by atoms with van der Waals surface area (Å²) in [6.07, 6.45) is -0.0469. The maximum Gasteiger partial charge on any atom is 0.249 e. The third-order valence-corrected chi connectivity index (χ3v) is 10.7. The quantitative estimate of drug-likeness (QED) is 0.245. The predicted octanol–water partition coefficient (Wildman–Crippen LogP) is 3.62. The van der Waals surface area contributed by atoms with Gasteiger partial charge in [0, 0.05) is 23.5 Å². The maximum absolute atomic E-state index is 14.1. The number of anilines is 1. The van der Waals surface area contributed by atoms with Crippen LogP contribution in [0.1, 0.15) is 74.2 Å². The van der Waals surface area contributed by atoms with Gasteiger partial charge in [-0.25, -0.2) is 22.7 Å². The summed E-state index contributed by atoms with van der Waals surface area (Å²) in [7, 11) is -3.93. The number of rotatable bonds is 8. The summed E-state index contributed by atoms with van der Waals surface area (Å²) in [5.74, 6) is -1.57. The molecule has 5 atom stereocenters. The van der Waals surface area contributed by atoms with Gasteiger partial charge in [-0.15, -0.1) is 0 Å². The molecule has 258 valence electrons. The number of benzene rings is 2. The van der Waals surface area contributed by atoms with Gasteiger partial charge >= 0.3 is 0 Å². The van der Waals surface area contributed by atoms with Gasteiger partial charge in [-0.05, 0) is 36.0 Å². The normalized spacial score (nSPS) is 23.4. The molecule has 2 aromatic heterocycles. The molecular weight excluding hydrogens is 652 g/mol. The van der Waals surface area contributed by atoms with E-state index in [9.17, 15) is 28.2 Å². The Kier molecular flexibility index (Phi) is 7.95. The molecule has 1 spiro atoms. The fourth-order valence-corrected chi connectivity index (χ4v) is 8.29. The van der Waals surface area contributed by atoms with E-state index in [0.29, 0.717) is 28.1 Å². The number of nitrogens with one attached hydrogen (secondary N) is 1. The first-order chi connectivity index (χ1) is 23.2. The summed E-state index contributed by atoms with van der Waals surface area (Å²) < 4.78 is 47.5. The first kappa shape index (κ1) is 33.0. The number of oxazole rings is 2. The van der Waals surface area contributed by atoms with Crippen LogP contribution < -0.4 is 14.4 Å². The number of amides is 1. The van der Waals surface area contributed by atoms with E-state index < -0.39 is 58.0 Å². The van der Waals surface area contributed by atoms with Crippen LogP contribution in [-0.4, -0.2) is 58.9 Å². The lowest BCUT2D eigenvalue weighted by molar-refractivity contribution is -0.135. The van der Waals surface area contributed by atoms with Crippen molar-refractivity contribution in [3.63, 3.8) is 0 Å². The van der Waals surface area contributed by atoms with Gasteiger partial charge in [-0.2, -0.15) is 0 Å². The lowest BCUT2D eigenvalue weighted by Gasteiger charge is -2.30. The highest BCUT2D eigenvalue weighted by Crippen LogP contribution is 2.62. The molecule has 2 unspecified atom stereocenters. The number of aliphatic hydroxyl groups excluding tert-OH is 2. The van der Waals surface area contributed by atoms with Crippen LogP contribution in [0.25, 0.3) is 11.6 Å². The molecule has 3 aliphatic heterocycles. The molecule has 5 heterocycles. The number of ether oxygens (including phenoxy) is 1. The fraction of sp³-hybridized carbons (Fsp3) is 0.429. The number of aliphatic hydroxyl groups is 2.